The van der Waals surface area contributed by atoms with Crippen molar-refractivity contribution in [1.82, 2.24) is 4.98 Å². The van der Waals surface area contributed by atoms with Gasteiger partial charge >= 0.3 is 12.1 Å². The van der Waals surface area contributed by atoms with E-state index in [2.05, 4.69) is 20.9 Å². The monoisotopic (exact) mass is 483 g/mol. The Morgan fingerprint density at radius 1 is 1.20 bits per heavy atom. The van der Waals surface area contributed by atoms with Gasteiger partial charge in [0, 0.05) is 17.1 Å². The molecule has 2 aromatic carbocycles. The van der Waals surface area contributed by atoms with E-state index in [1.807, 2.05) is 6.20 Å². The zero-order valence-electron chi connectivity index (χ0n) is 15.6. The van der Waals surface area contributed by atoms with Crippen LogP contribution in [0.25, 0.3) is 10.9 Å². The molecule has 0 unspecified atom stereocenters. The van der Waals surface area contributed by atoms with E-state index in [-0.39, 0.29) is 16.0 Å². The normalized spacial score (nSPS) is 14.5. The molecule has 9 heteroatoms. The fourth-order valence-electron chi connectivity index (χ4n) is 3.47. The van der Waals surface area contributed by atoms with Gasteiger partial charge in [-0.2, -0.15) is 13.2 Å². The summed E-state index contributed by atoms with van der Waals surface area (Å²) in [5, 5.41) is 9.62. The number of hydrogen-bond donors (Lipinski definition) is 2. The van der Waals surface area contributed by atoms with Crippen LogP contribution in [0.4, 0.5) is 13.2 Å². The number of carbonyl (C=O) groups is 1. The Morgan fingerprint density at radius 3 is 2.60 bits per heavy atom. The summed E-state index contributed by atoms with van der Waals surface area (Å²) in [5.41, 5.74) is 0.983. The van der Waals surface area contributed by atoms with Gasteiger partial charge < -0.3 is 19.6 Å². The van der Waals surface area contributed by atoms with Gasteiger partial charge in [-0.15, -0.1) is 0 Å². The van der Waals surface area contributed by atoms with Crippen molar-refractivity contribution in [2.45, 2.75) is 31.4 Å². The van der Waals surface area contributed by atoms with E-state index in [0.717, 1.165) is 35.4 Å². The predicted octanol–water partition coefficient (Wildman–Crippen LogP) is 6.47. The maximum Gasteiger partial charge on any atom is 0.420 e. The molecule has 5 nitrogen and oxygen atoms in total. The fourth-order valence-corrected chi connectivity index (χ4v) is 3.99. The molecule has 158 valence electrons. The summed E-state index contributed by atoms with van der Waals surface area (Å²) in [7, 11) is 0. The van der Waals surface area contributed by atoms with Gasteiger partial charge in [0.2, 0.25) is 0 Å². The van der Waals surface area contributed by atoms with Crippen LogP contribution < -0.4 is 9.47 Å². The summed E-state index contributed by atoms with van der Waals surface area (Å²) < 4.78 is 51.5. The molecule has 1 fully saturated rings. The molecule has 0 spiro atoms. The third-order valence-corrected chi connectivity index (χ3v) is 5.72. The van der Waals surface area contributed by atoms with Crippen molar-refractivity contribution < 1.29 is 32.5 Å². The first-order valence-electron chi connectivity index (χ1n) is 9.26. The van der Waals surface area contributed by atoms with Gasteiger partial charge in [0.25, 0.3) is 0 Å². The number of benzene rings is 2. The molecule has 1 aliphatic rings. The first kappa shape index (κ1) is 20.6. The van der Waals surface area contributed by atoms with Gasteiger partial charge in [0.1, 0.15) is 17.1 Å². The second-order valence-electron chi connectivity index (χ2n) is 7.14. The number of aromatic nitrogens is 1. The number of carboxylic acids is 1. The third-order valence-electron chi connectivity index (χ3n) is 5.13. The minimum Gasteiger partial charge on any atom is -0.482 e. The van der Waals surface area contributed by atoms with Crippen LogP contribution in [0.3, 0.4) is 0 Å². The average molecular weight is 484 g/mol. The Balaban J connectivity index is 1.70. The number of H-pyrrole nitrogens is 1. The number of carboxylic acid groups (broad SMARTS) is 1. The van der Waals surface area contributed by atoms with E-state index < -0.39 is 30.1 Å². The van der Waals surface area contributed by atoms with Crippen LogP contribution in [0.2, 0.25) is 0 Å². The number of aromatic amines is 1. The minimum atomic E-state index is -4.73. The van der Waals surface area contributed by atoms with Crippen molar-refractivity contribution in [3.63, 3.8) is 0 Å². The molecule has 4 rings (SSSR count). The smallest absolute Gasteiger partial charge is 0.420 e. The summed E-state index contributed by atoms with van der Waals surface area (Å²) >= 11 is 3.10. The van der Waals surface area contributed by atoms with Crippen molar-refractivity contribution in [1.29, 1.82) is 0 Å². The molecule has 0 atom stereocenters. The van der Waals surface area contributed by atoms with E-state index >= 15 is 0 Å². The van der Waals surface area contributed by atoms with Crippen LogP contribution in [0.5, 0.6) is 17.2 Å². The van der Waals surface area contributed by atoms with Crippen molar-refractivity contribution in [2.75, 3.05) is 6.61 Å². The first-order chi connectivity index (χ1) is 14.2. The highest BCUT2D eigenvalue weighted by Crippen LogP contribution is 2.46. The Morgan fingerprint density at radius 2 is 1.97 bits per heavy atom. The van der Waals surface area contributed by atoms with Gasteiger partial charge in [0.15, 0.2) is 12.4 Å². The number of halogens is 4. The van der Waals surface area contributed by atoms with Crippen LogP contribution in [0.15, 0.2) is 41.0 Å². The second-order valence-corrected chi connectivity index (χ2v) is 8.00. The van der Waals surface area contributed by atoms with Crippen LogP contribution in [0, 0.1) is 0 Å². The van der Waals surface area contributed by atoms with Gasteiger partial charge in [-0.25, -0.2) is 4.79 Å². The third kappa shape index (κ3) is 4.12. The highest BCUT2D eigenvalue weighted by atomic mass is 79.9. The molecule has 1 heterocycles. The lowest BCUT2D eigenvalue weighted by molar-refractivity contribution is -0.139. The van der Waals surface area contributed by atoms with E-state index in [9.17, 15) is 18.0 Å². The van der Waals surface area contributed by atoms with Gasteiger partial charge in [-0.3, -0.25) is 0 Å². The van der Waals surface area contributed by atoms with E-state index in [1.165, 1.54) is 12.5 Å². The van der Waals surface area contributed by atoms with Gasteiger partial charge in [0.05, 0.1) is 4.47 Å². The topological polar surface area (TPSA) is 71.6 Å². The lowest BCUT2D eigenvalue weighted by atomic mass is 9.80. The molecule has 0 bridgehead atoms. The molecule has 0 amide bonds. The Labute approximate surface area is 177 Å². The van der Waals surface area contributed by atoms with Crippen LogP contribution in [0.1, 0.15) is 36.3 Å². The lowest BCUT2D eigenvalue weighted by Crippen LogP contribution is -2.12. The van der Waals surface area contributed by atoms with Gasteiger partial charge in [-0.05, 0) is 70.6 Å². The molecule has 30 heavy (non-hydrogen) atoms. The average Bonchev–Trinajstić information content (AvgIpc) is 3.02. The summed E-state index contributed by atoms with van der Waals surface area (Å²) in [6, 6.07) is 7.10. The standard InChI is InChI=1S/C21H17BrF3NO4/c22-17-8-13(29-10-19(27)28)7-16(21(23,24)25)20(17)30-12-4-5-18-14(6-12)15(9-26-18)11-2-1-3-11/h4-9,11,26H,1-3,10H2,(H,27,28). The summed E-state index contributed by atoms with van der Waals surface area (Å²) in [6.07, 6.45) is 0.588. The molecule has 1 saturated carbocycles. The number of alkyl halides is 3. The zero-order chi connectivity index (χ0) is 21.5. The molecule has 0 radical (unpaired) electrons. The van der Waals surface area contributed by atoms with Crippen molar-refractivity contribution in [3.8, 4) is 17.2 Å². The molecule has 2 N–H and O–H groups in total. The second kappa shape index (κ2) is 7.86. The number of nitrogens with one attached hydrogen (secondary N) is 1. The van der Waals surface area contributed by atoms with E-state index in [1.54, 1.807) is 18.2 Å². The Bertz CT molecular complexity index is 1110. The van der Waals surface area contributed by atoms with Crippen molar-refractivity contribution in [3.05, 3.63) is 52.1 Å². The van der Waals surface area contributed by atoms with E-state index in [4.69, 9.17) is 14.6 Å². The zero-order valence-corrected chi connectivity index (χ0v) is 17.1. The van der Waals surface area contributed by atoms with Crippen molar-refractivity contribution in [2.24, 2.45) is 0 Å². The van der Waals surface area contributed by atoms with Gasteiger partial charge in [-0.1, -0.05) is 6.42 Å². The lowest BCUT2D eigenvalue weighted by Gasteiger charge is -2.25. The molecular weight excluding hydrogens is 467 g/mol. The molecule has 1 aromatic heterocycles. The molecule has 0 aliphatic heterocycles. The fraction of sp³-hybridized carbons (Fsp3) is 0.286. The van der Waals surface area contributed by atoms with Crippen molar-refractivity contribution >= 4 is 32.8 Å². The number of rotatable bonds is 6. The molecule has 0 saturated heterocycles. The number of fused-ring (bicyclic) bond motifs is 1. The maximum absolute atomic E-state index is 13.7. The molecule has 3 aromatic rings. The largest absolute Gasteiger partial charge is 0.482 e. The van der Waals surface area contributed by atoms with E-state index in [0.29, 0.717) is 5.92 Å². The van der Waals surface area contributed by atoms with Crippen LogP contribution >= 0.6 is 15.9 Å². The van der Waals surface area contributed by atoms with Crippen LogP contribution in [-0.2, 0) is 11.0 Å². The predicted molar refractivity (Wildman–Crippen MR) is 107 cm³/mol. The highest BCUT2D eigenvalue weighted by molar-refractivity contribution is 9.10. The first-order valence-corrected chi connectivity index (χ1v) is 10.1. The Kier molecular flexibility index (Phi) is 5.40. The number of hydrogen-bond acceptors (Lipinski definition) is 3. The highest BCUT2D eigenvalue weighted by Gasteiger charge is 2.36. The maximum atomic E-state index is 13.7. The number of aliphatic carboxylic acids is 1. The summed E-state index contributed by atoms with van der Waals surface area (Å²) in [4.78, 5) is 13.8. The number of ether oxygens (including phenoxy) is 2. The summed E-state index contributed by atoms with van der Waals surface area (Å²) in [5.74, 6) is -1.20. The minimum absolute atomic E-state index is 0.00564. The molecule has 1 aliphatic carbocycles. The SMILES string of the molecule is O=C(O)COc1cc(Br)c(Oc2ccc3[nH]cc(C4CCC4)c3c2)c(C(F)(F)F)c1. The van der Waals surface area contributed by atoms with Crippen LogP contribution in [-0.4, -0.2) is 22.7 Å². The molecular formula is C21H17BrF3NO4. The summed E-state index contributed by atoms with van der Waals surface area (Å²) in [6.45, 7) is -0.752. The Hall–Kier alpha value is -2.68. The quantitative estimate of drug-likeness (QED) is 0.421.